The third-order valence-electron chi connectivity index (χ3n) is 7.76. The Kier molecular flexibility index (Phi) is 5.63. The fraction of sp³-hybridized carbons (Fsp3) is 0.538. The van der Waals surface area contributed by atoms with Gasteiger partial charge in [-0.05, 0) is 67.0 Å². The number of nitrogens with zero attached hydrogens (tertiary/aromatic N) is 1. The van der Waals surface area contributed by atoms with Crippen LogP contribution in [-0.2, 0) is 16.0 Å². The van der Waals surface area contributed by atoms with Gasteiger partial charge in [0.25, 0.3) is 0 Å². The van der Waals surface area contributed by atoms with E-state index in [1.165, 1.54) is 41.7 Å². The second-order valence-corrected chi connectivity index (χ2v) is 10.5. The lowest BCUT2D eigenvalue weighted by atomic mass is 9.78. The fourth-order valence-corrected chi connectivity index (χ4v) is 6.89. The number of carbonyl (C=O) groups excluding carboxylic acids is 2. The zero-order chi connectivity index (χ0) is 21.4. The number of amides is 2. The molecular weight excluding hydrogens is 404 g/mol. The molecule has 164 valence electrons. The van der Waals surface area contributed by atoms with Crippen LogP contribution in [0.15, 0.2) is 41.8 Å². The molecule has 4 nitrogen and oxygen atoms in total. The molecular formula is C26H32N2O2S. The van der Waals surface area contributed by atoms with Crippen LogP contribution in [-0.4, -0.2) is 36.3 Å². The van der Waals surface area contributed by atoms with Crippen molar-refractivity contribution in [2.75, 3.05) is 19.6 Å². The molecule has 3 atom stereocenters. The lowest BCUT2D eigenvalue weighted by Gasteiger charge is -2.29. The molecule has 1 N–H and O–H groups in total. The van der Waals surface area contributed by atoms with Crippen molar-refractivity contribution in [2.45, 2.75) is 45.4 Å². The van der Waals surface area contributed by atoms with E-state index in [1.807, 2.05) is 11.8 Å². The van der Waals surface area contributed by atoms with E-state index in [9.17, 15) is 9.59 Å². The summed E-state index contributed by atoms with van der Waals surface area (Å²) in [4.78, 5) is 29.9. The van der Waals surface area contributed by atoms with Crippen molar-refractivity contribution < 1.29 is 9.59 Å². The van der Waals surface area contributed by atoms with Gasteiger partial charge in [-0.3, -0.25) is 9.59 Å². The van der Waals surface area contributed by atoms with Gasteiger partial charge in [0.1, 0.15) is 0 Å². The van der Waals surface area contributed by atoms with Crippen LogP contribution >= 0.6 is 11.3 Å². The van der Waals surface area contributed by atoms with E-state index in [0.717, 1.165) is 6.42 Å². The standard InChI is InChI=1S/C26H32N2O2S/c1-2-27-25(30)26(16-18-8-3-4-9-19(18)22-12-7-15-31-22)13-14-28(17-26)24(29)23-20-10-5-6-11-21(20)23/h3-4,7-9,12,15,20-21,23H,2,5-6,10-11,13-14,16-17H2,1H3,(H,27,30). The first-order chi connectivity index (χ1) is 15.1. The van der Waals surface area contributed by atoms with E-state index in [4.69, 9.17) is 0 Å². The van der Waals surface area contributed by atoms with Gasteiger partial charge in [-0.25, -0.2) is 0 Å². The molecule has 1 saturated heterocycles. The Morgan fingerprint density at radius 3 is 2.61 bits per heavy atom. The Labute approximate surface area is 189 Å². The highest BCUT2D eigenvalue weighted by molar-refractivity contribution is 7.13. The maximum absolute atomic E-state index is 13.3. The Morgan fingerprint density at radius 1 is 1.13 bits per heavy atom. The van der Waals surface area contributed by atoms with Crippen LogP contribution in [0.3, 0.4) is 0 Å². The van der Waals surface area contributed by atoms with Crippen LogP contribution in [0.5, 0.6) is 0 Å². The number of hydrogen-bond acceptors (Lipinski definition) is 3. The molecule has 0 bridgehead atoms. The van der Waals surface area contributed by atoms with Gasteiger partial charge in [-0.1, -0.05) is 43.2 Å². The molecule has 5 heteroatoms. The minimum atomic E-state index is -0.543. The maximum Gasteiger partial charge on any atom is 0.228 e. The predicted molar refractivity (Wildman–Crippen MR) is 125 cm³/mol. The van der Waals surface area contributed by atoms with E-state index in [1.54, 1.807) is 11.3 Å². The minimum Gasteiger partial charge on any atom is -0.356 e. The van der Waals surface area contributed by atoms with Crippen LogP contribution in [0.4, 0.5) is 0 Å². The highest BCUT2D eigenvalue weighted by atomic mass is 32.1. The van der Waals surface area contributed by atoms with E-state index in [0.29, 0.717) is 43.8 Å². The number of carbonyl (C=O) groups is 2. The minimum absolute atomic E-state index is 0.0968. The number of likely N-dealkylation sites (tertiary alicyclic amines) is 1. The van der Waals surface area contributed by atoms with E-state index >= 15 is 0 Å². The Morgan fingerprint density at radius 2 is 1.90 bits per heavy atom. The highest BCUT2D eigenvalue weighted by Crippen LogP contribution is 2.56. The summed E-state index contributed by atoms with van der Waals surface area (Å²) in [5.41, 5.74) is 1.86. The van der Waals surface area contributed by atoms with Crippen molar-refractivity contribution in [2.24, 2.45) is 23.2 Å². The number of rotatable bonds is 6. The monoisotopic (exact) mass is 436 g/mol. The molecule has 1 aliphatic heterocycles. The number of nitrogens with one attached hydrogen (secondary N) is 1. The van der Waals surface area contributed by atoms with Crippen molar-refractivity contribution in [3.63, 3.8) is 0 Å². The SMILES string of the molecule is CCNC(=O)C1(Cc2ccccc2-c2cccs2)CCN(C(=O)C2C3CCCCC32)C1. The maximum atomic E-state index is 13.3. The summed E-state index contributed by atoms with van der Waals surface area (Å²) in [5.74, 6) is 1.86. The first-order valence-electron chi connectivity index (χ1n) is 11.8. The quantitative estimate of drug-likeness (QED) is 0.710. The van der Waals surface area contributed by atoms with Gasteiger partial charge in [-0.15, -0.1) is 11.3 Å². The predicted octanol–water partition coefficient (Wildman–Crippen LogP) is 4.75. The van der Waals surface area contributed by atoms with Gasteiger partial charge >= 0.3 is 0 Å². The third kappa shape index (κ3) is 3.82. The summed E-state index contributed by atoms with van der Waals surface area (Å²) >= 11 is 1.73. The molecule has 3 aliphatic rings. The fourth-order valence-electron chi connectivity index (χ4n) is 6.10. The molecule has 2 saturated carbocycles. The first kappa shape index (κ1) is 20.7. The highest BCUT2D eigenvalue weighted by Gasteiger charge is 2.57. The summed E-state index contributed by atoms with van der Waals surface area (Å²) in [6, 6.07) is 12.6. The van der Waals surface area contributed by atoms with Crippen molar-refractivity contribution in [1.29, 1.82) is 0 Å². The molecule has 31 heavy (non-hydrogen) atoms. The summed E-state index contributed by atoms with van der Waals surface area (Å²) < 4.78 is 0. The number of thiophene rings is 1. The molecule has 0 radical (unpaired) electrons. The number of benzene rings is 1. The van der Waals surface area contributed by atoms with Gasteiger partial charge in [-0.2, -0.15) is 0 Å². The van der Waals surface area contributed by atoms with Gasteiger partial charge in [0.2, 0.25) is 11.8 Å². The van der Waals surface area contributed by atoms with Gasteiger partial charge in [0.05, 0.1) is 5.41 Å². The van der Waals surface area contributed by atoms with Crippen molar-refractivity contribution >= 4 is 23.2 Å². The summed E-state index contributed by atoms with van der Waals surface area (Å²) in [7, 11) is 0. The van der Waals surface area contributed by atoms with Gasteiger partial charge in [0, 0.05) is 30.4 Å². The Bertz CT molecular complexity index is 944. The second-order valence-electron chi connectivity index (χ2n) is 9.60. The van der Waals surface area contributed by atoms with E-state index < -0.39 is 5.41 Å². The summed E-state index contributed by atoms with van der Waals surface area (Å²) in [6.07, 6.45) is 6.38. The zero-order valence-corrected chi connectivity index (χ0v) is 19.1. The van der Waals surface area contributed by atoms with Gasteiger partial charge in [0.15, 0.2) is 0 Å². The van der Waals surface area contributed by atoms with Crippen LogP contribution in [0.2, 0.25) is 0 Å². The van der Waals surface area contributed by atoms with E-state index in [-0.39, 0.29) is 11.8 Å². The van der Waals surface area contributed by atoms with Crippen LogP contribution in [0.1, 0.15) is 44.6 Å². The van der Waals surface area contributed by atoms with Crippen molar-refractivity contribution in [1.82, 2.24) is 10.2 Å². The van der Waals surface area contributed by atoms with Crippen molar-refractivity contribution in [3.8, 4) is 10.4 Å². The van der Waals surface area contributed by atoms with Gasteiger partial charge < -0.3 is 10.2 Å². The molecule has 3 unspecified atom stereocenters. The lowest BCUT2D eigenvalue weighted by molar-refractivity contribution is -0.134. The van der Waals surface area contributed by atoms with Crippen LogP contribution in [0.25, 0.3) is 10.4 Å². The van der Waals surface area contributed by atoms with Crippen LogP contribution < -0.4 is 5.32 Å². The van der Waals surface area contributed by atoms with E-state index in [2.05, 4.69) is 47.1 Å². The summed E-state index contributed by atoms with van der Waals surface area (Å²) in [5, 5.41) is 5.18. The van der Waals surface area contributed by atoms with Crippen LogP contribution in [0, 0.1) is 23.2 Å². The Balaban J connectivity index is 1.39. The number of hydrogen-bond donors (Lipinski definition) is 1. The molecule has 2 aliphatic carbocycles. The molecule has 0 spiro atoms. The average molecular weight is 437 g/mol. The average Bonchev–Trinajstić information content (AvgIpc) is 3.10. The third-order valence-corrected chi connectivity index (χ3v) is 8.66. The first-order valence-corrected chi connectivity index (χ1v) is 12.7. The molecule has 2 heterocycles. The molecule has 2 amide bonds. The summed E-state index contributed by atoms with van der Waals surface area (Å²) in [6.45, 7) is 3.84. The molecule has 1 aromatic heterocycles. The normalized spacial score (nSPS) is 29.5. The topological polar surface area (TPSA) is 49.4 Å². The smallest absolute Gasteiger partial charge is 0.228 e. The molecule has 5 rings (SSSR count). The molecule has 3 fully saturated rings. The number of fused-ring (bicyclic) bond motifs is 1. The molecule has 1 aromatic carbocycles. The zero-order valence-electron chi connectivity index (χ0n) is 18.3. The largest absolute Gasteiger partial charge is 0.356 e. The second kappa shape index (κ2) is 8.42. The molecule has 2 aromatic rings. The Hall–Kier alpha value is -2.14. The lowest BCUT2D eigenvalue weighted by Crippen LogP contribution is -2.45. The van der Waals surface area contributed by atoms with Crippen molar-refractivity contribution in [3.05, 3.63) is 47.3 Å².